The summed E-state index contributed by atoms with van der Waals surface area (Å²) in [6, 6.07) is 7.58. The molecule has 1 N–H and O–H groups in total. The first-order valence-electron chi connectivity index (χ1n) is 6.55. The molecule has 2 atom stereocenters. The molecule has 2 unspecified atom stereocenters. The maximum atomic E-state index is 13.7. The summed E-state index contributed by atoms with van der Waals surface area (Å²) in [6.07, 6.45) is 2.02. The van der Waals surface area contributed by atoms with Gasteiger partial charge in [-0.15, -0.1) is 0 Å². The Balaban J connectivity index is 2.69. The first-order valence-corrected chi connectivity index (χ1v) is 6.55. The summed E-state index contributed by atoms with van der Waals surface area (Å²) >= 11 is 0. The molecule has 1 aromatic rings. The van der Waals surface area contributed by atoms with Crippen LogP contribution in [0.4, 0.5) is 4.39 Å². The number of halogens is 1. The number of nitrogens with one attached hydrogen (secondary N) is 1. The van der Waals surface area contributed by atoms with E-state index in [9.17, 15) is 4.39 Å². The lowest BCUT2D eigenvalue weighted by molar-refractivity contribution is 0.381. The average Bonchev–Trinajstić information content (AvgIpc) is 2.26. The zero-order chi connectivity index (χ0) is 12.8. The third-order valence-corrected chi connectivity index (χ3v) is 3.00. The van der Waals surface area contributed by atoms with Gasteiger partial charge < -0.3 is 5.32 Å². The molecule has 0 aliphatic heterocycles. The van der Waals surface area contributed by atoms with Crippen LogP contribution >= 0.6 is 0 Å². The van der Waals surface area contributed by atoms with E-state index in [4.69, 9.17) is 0 Å². The van der Waals surface area contributed by atoms with Gasteiger partial charge >= 0.3 is 0 Å². The number of rotatable bonds is 6. The van der Waals surface area contributed by atoms with E-state index in [0.717, 1.165) is 18.4 Å². The van der Waals surface area contributed by atoms with Gasteiger partial charge in [0.25, 0.3) is 0 Å². The minimum Gasteiger partial charge on any atom is -0.307 e. The van der Waals surface area contributed by atoms with E-state index >= 15 is 0 Å². The van der Waals surface area contributed by atoms with Crippen molar-refractivity contribution in [2.45, 2.75) is 52.6 Å². The zero-order valence-corrected chi connectivity index (χ0v) is 11.3. The van der Waals surface area contributed by atoms with E-state index in [1.807, 2.05) is 12.1 Å². The molecule has 0 aliphatic rings. The molecule has 0 spiro atoms. The SMILES string of the molecule is CCC(NC(C)CC(C)C)c1ccccc1F. The molecule has 2 heteroatoms. The quantitative estimate of drug-likeness (QED) is 0.777. The number of benzene rings is 1. The van der Waals surface area contributed by atoms with Crippen LogP contribution in [0.1, 0.15) is 52.1 Å². The molecule has 0 amide bonds. The molecule has 0 fully saturated rings. The Morgan fingerprint density at radius 2 is 1.82 bits per heavy atom. The Kier molecular flexibility index (Phi) is 5.63. The van der Waals surface area contributed by atoms with Crippen molar-refractivity contribution in [1.82, 2.24) is 5.32 Å². The van der Waals surface area contributed by atoms with Gasteiger partial charge in [0.05, 0.1) is 0 Å². The second-order valence-corrected chi connectivity index (χ2v) is 5.18. The zero-order valence-electron chi connectivity index (χ0n) is 11.3. The Morgan fingerprint density at radius 3 is 2.35 bits per heavy atom. The number of hydrogen-bond donors (Lipinski definition) is 1. The van der Waals surface area contributed by atoms with Gasteiger partial charge in [-0.2, -0.15) is 0 Å². The Labute approximate surface area is 104 Å². The largest absolute Gasteiger partial charge is 0.307 e. The summed E-state index contributed by atoms with van der Waals surface area (Å²) < 4.78 is 13.7. The van der Waals surface area contributed by atoms with Crippen molar-refractivity contribution < 1.29 is 4.39 Å². The number of hydrogen-bond acceptors (Lipinski definition) is 1. The summed E-state index contributed by atoms with van der Waals surface area (Å²) in [5, 5.41) is 3.52. The second-order valence-electron chi connectivity index (χ2n) is 5.18. The van der Waals surface area contributed by atoms with Crippen molar-refractivity contribution >= 4 is 0 Å². The molecule has 0 bridgehead atoms. The highest BCUT2D eigenvalue weighted by Crippen LogP contribution is 2.21. The van der Waals surface area contributed by atoms with Crippen molar-refractivity contribution in [2.75, 3.05) is 0 Å². The highest BCUT2D eigenvalue weighted by molar-refractivity contribution is 5.21. The summed E-state index contributed by atoms with van der Waals surface area (Å²) in [7, 11) is 0. The Hall–Kier alpha value is -0.890. The predicted octanol–water partition coefficient (Wildman–Crippen LogP) is 4.30. The monoisotopic (exact) mass is 237 g/mol. The van der Waals surface area contributed by atoms with Crippen LogP contribution in [0, 0.1) is 11.7 Å². The van der Waals surface area contributed by atoms with Gasteiger partial charge in [0.2, 0.25) is 0 Å². The third-order valence-electron chi connectivity index (χ3n) is 3.00. The average molecular weight is 237 g/mol. The first-order chi connectivity index (χ1) is 8.04. The summed E-state index contributed by atoms with van der Waals surface area (Å²) in [6.45, 7) is 8.68. The van der Waals surface area contributed by atoms with Crippen LogP contribution in [0.25, 0.3) is 0 Å². The van der Waals surface area contributed by atoms with Crippen LogP contribution in [-0.4, -0.2) is 6.04 Å². The maximum absolute atomic E-state index is 13.7. The first kappa shape index (κ1) is 14.2. The van der Waals surface area contributed by atoms with E-state index in [1.165, 1.54) is 6.07 Å². The molecule has 96 valence electrons. The molecular weight excluding hydrogens is 213 g/mol. The minimum absolute atomic E-state index is 0.108. The van der Waals surface area contributed by atoms with Gasteiger partial charge in [0.15, 0.2) is 0 Å². The van der Waals surface area contributed by atoms with Gasteiger partial charge in [-0.05, 0) is 31.7 Å². The van der Waals surface area contributed by atoms with E-state index in [1.54, 1.807) is 6.07 Å². The molecule has 0 saturated heterocycles. The highest BCUT2D eigenvalue weighted by Gasteiger charge is 2.16. The van der Waals surface area contributed by atoms with Crippen molar-refractivity contribution in [3.05, 3.63) is 35.6 Å². The minimum atomic E-state index is -0.108. The molecular formula is C15H24FN. The van der Waals surface area contributed by atoms with Gasteiger partial charge in [0, 0.05) is 17.6 Å². The molecule has 1 rings (SSSR count). The molecule has 0 aromatic heterocycles. The topological polar surface area (TPSA) is 12.0 Å². The fourth-order valence-corrected chi connectivity index (χ4v) is 2.30. The standard InChI is InChI=1S/C15H24FN/c1-5-15(17-12(4)10-11(2)3)13-8-6-7-9-14(13)16/h6-9,11-12,15,17H,5,10H2,1-4H3. The van der Waals surface area contributed by atoms with Crippen LogP contribution < -0.4 is 5.32 Å². The van der Waals surface area contributed by atoms with E-state index < -0.39 is 0 Å². The van der Waals surface area contributed by atoms with Crippen LogP contribution in [0.2, 0.25) is 0 Å². The molecule has 17 heavy (non-hydrogen) atoms. The Bertz CT molecular complexity index is 335. The normalized spacial score (nSPS) is 14.9. The molecule has 0 aliphatic carbocycles. The fourth-order valence-electron chi connectivity index (χ4n) is 2.30. The summed E-state index contributed by atoms with van der Waals surface area (Å²) in [5.41, 5.74) is 0.783. The van der Waals surface area contributed by atoms with Crippen molar-refractivity contribution in [1.29, 1.82) is 0 Å². The molecule has 0 heterocycles. The van der Waals surface area contributed by atoms with E-state index in [2.05, 4.69) is 33.0 Å². The van der Waals surface area contributed by atoms with Crippen molar-refractivity contribution in [3.8, 4) is 0 Å². The molecule has 1 aromatic carbocycles. The van der Waals surface area contributed by atoms with Gasteiger partial charge in [-0.3, -0.25) is 0 Å². The Morgan fingerprint density at radius 1 is 1.18 bits per heavy atom. The molecule has 0 radical (unpaired) electrons. The summed E-state index contributed by atoms with van der Waals surface area (Å²) in [4.78, 5) is 0. The van der Waals surface area contributed by atoms with Crippen LogP contribution in [-0.2, 0) is 0 Å². The second kappa shape index (κ2) is 6.75. The predicted molar refractivity (Wildman–Crippen MR) is 71.5 cm³/mol. The third kappa shape index (κ3) is 4.47. The lowest BCUT2D eigenvalue weighted by Gasteiger charge is -2.24. The highest BCUT2D eigenvalue weighted by atomic mass is 19.1. The maximum Gasteiger partial charge on any atom is 0.127 e. The van der Waals surface area contributed by atoms with Gasteiger partial charge in [0.1, 0.15) is 5.82 Å². The van der Waals surface area contributed by atoms with E-state index in [-0.39, 0.29) is 11.9 Å². The molecule has 0 saturated carbocycles. The lowest BCUT2D eigenvalue weighted by atomic mass is 10.00. The lowest BCUT2D eigenvalue weighted by Crippen LogP contribution is -2.31. The van der Waals surface area contributed by atoms with Crippen LogP contribution in [0.15, 0.2) is 24.3 Å². The smallest absolute Gasteiger partial charge is 0.127 e. The van der Waals surface area contributed by atoms with Gasteiger partial charge in [-0.1, -0.05) is 39.0 Å². The fraction of sp³-hybridized carbons (Fsp3) is 0.600. The van der Waals surface area contributed by atoms with Crippen molar-refractivity contribution in [3.63, 3.8) is 0 Å². The van der Waals surface area contributed by atoms with Crippen molar-refractivity contribution in [2.24, 2.45) is 5.92 Å². The summed E-state index contributed by atoms with van der Waals surface area (Å²) in [5.74, 6) is 0.555. The van der Waals surface area contributed by atoms with Crippen LogP contribution in [0.5, 0.6) is 0 Å². The molecule has 1 nitrogen and oxygen atoms in total. The van der Waals surface area contributed by atoms with Gasteiger partial charge in [-0.25, -0.2) is 4.39 Å². The van der Waals surface area contributed by atoms with Crippen LogP contribution in [0.3, 0.4) is 0 Å². The van der Waals surface area contributed by atoms with E-state index in [0.29, 0.717) is 12.0 Å².